The van der Waals surface area contributed by atoms with Crippen molar-refractivity contribution in [2.45, 2.75) is 51.3 Å². The van der Waals surface area contributed by atoms with Gasteiger partial charge in [-0.1, -0.05) is 6.92 Å². The average Bonchev–Trinajstić information content (AvgIpc) is 2.82. The number of aliphatic hydroxyl groups is 1. The van der Waals surface area contributed by atoms with Crippen LogP contribution in [0.15, 0.2) is 24.3 Å². The van der Waals surface area contributed by atoms with Gasteiger partial charge in [0.15, 0.2) is 20.8 Å². The average molecular weight is 522 g/mol. The minimum absolute atomic E-state index is 0.0799. The van der Waals surface area contributed by atoms with Crippen molar-refractivity contribution in [1.82, 2.24) is 9.97 Å². The van der Waals surface area contributed by atoms with Crippen LogP contribution in [0.1, 0.15) is 45.4 Å². The van der Waals surface area contributed by atoms with Crippen LogP contribution in [0.4, 0.5) is 11.5 Å². The molecule has 1 aliphatic rings. The predicted octanol–water partition coefficient (Wildman–Crippen LogP) is 2.62. The molecule has 1 aromatic heterocycles. The normalized spacial score (nSPS) is 16.8. The minimum atomic E-state index is -3.60. The third kappa shape index (κ3) is 6.08. The monoisotopic (exact) mass is 521 g/mol. The molecule has 9 nitrogen and oxygen atoms in total. The number of aromatic nitrogens is 2. The van der Waals surface area contributed by atoms with E-state index in [1.54, 1.807) is 19.9 Å². The third-order valence-electron chi connectivity index (χ3n) is 6.33. The molecule has 0 radical (unpaired) electrons. The molecule has 2 heterocycles. The maximum Gasteiger partial charge on any atom is 0.168 e. The fourth-order valence-electron chi connectivity index (χ4n) is 4.07. The van der Waals surface area contributed by atoms with E-state index in [0.717, 1.165) is 16.8 Å². The van der Waals surface area contributed by atoms with Gasteiger partial charge in [0.05, 0.1) is 30.7 Å². The first kappa shape index (κ1) is 27.3. The summed E-state index contributed by atoms with van der Waals surface area (Å²) in [6, 6.07) is 7.56. The molecule has 192 valence electrons. The van der Waals surface area contributed by atoms with E-state index in [0.29, 0.717) is 43.5 Å². The molecule has 0 unspecified atom stereocenters. The molecule has 4 N–H and O–H groups in total. The van der Waals surface area contributed by atoms with Crippen LogP contribution in [0.3, 0.4) is 0 Å². The van der Waals surface area contributed by atoms with Crippen molar-refractivity contribution in [2.75, 3.05) is 42.3 Å². The Morgan fingerprint density at radius 3 is 2.71 bits per heavy atom. The summed E-state index contributed by atoms with van der Waals surface area (Å²) in [5.74, 6) is 0.998. The summed E-state index contributed by atoms with van der Waals surface area (Å²) in [5.41, 5.74) is 8.61. The number of hydrogen-bond acceptors (Lipinski definition) is 8. The molecule has 0 saturated carbocycles. The number of thiocarbonyl (C=S) groups is 1. The van der Waals surface area contributed by atoms with Crippen LogP contribution in [0, 0.1) is 0 Å². The minimum Gasteiger partial charge on any atom is -0.396 e. The number of nitrogens with two attached hydrogens (primary N) is 1. The molecule has 1 aromatic carbocycles. The molecule has 1 fully saturated rings. The van der Waals surface area contributed by atoms with E-state index >= 15 is 0 Å². The molecule has 2 aromatic rings. The van der Waals surface area contributed by atoms with Crippen LogP contribution in [0.25, 0.3) is 11.4 Å². The number of aryl methyl sites for hydroxylation is 1. The zero-order valence-electron chi connectivity index (χ0n) is 20.7. The zero-order valence-corrected chi connectivity index (χ0v) is 22.4. The van der Waals surface area contributed by atoms with E-state index < -0.39 is 14.6 Å². The van der Waals surface area contributed by atoms with Crippen LogP contribution in [-0.2, 0) is 25.7 Å². The molecule has 1 saturated heterocycles. The van der Waals surface area contributed by atoms with E-state index in [1.165, 1.54) is 0 Å². The molecule has 0 amide bonds. The fraction of sp³-hybridized carbons (Fsp3) is 0.542. The van der Waals surface area contributed by atoms with Gasteiger partial charge in [0.2, 0.25) is 0 Å². The van der Waals surface area contributed by atoms with Crippen LogP contribution in [-0.4, -0.2) is 66.8 Å². The highest BCUT2D eigenvalue weighted by atomic mass is 32.2. The molecule has 3 rings (SSSR count). The second kappa shape index (κ2) is 11.2. The van der Waals surface area contributed by atoms with Crippen LogP contribution in [0.2, 0.25) is 0 Å². The van der Waals surface area contributed by atoms with Crippen molar-refractivity contribution >= 4 is 38.7 Å². The largest absolute Gasteiger partial charge is 0.396 e. The molecule has 0 bridgehead atoms. The van der Waals surface area contributed by atoms with Gasteiger partial charge in [0.1, 0.15) is 10.6 Å². The number of aliphatic hydroxyl groups excluding tert-OH is 1. The van der Waals surface area contributed by atoms with Gasteiger partial charge in [-0.15, -0.1) is 0 Å². The smallest absolute Gasteiger partial charge is 0.168 e. The van der Waals surface area contributed by atoms with Crippen LogP contribution in [0.5, 0.6) is 0 Å². The number of anilines is 2. The molecule has 11 heteroatoms. The van der Waals surface area contributed by atoms with E-state index in [1.807, 2.05) is 25.1 Å². The summed E-state index contributed by atoms with van der Waals surface area (Å²) >= 11 is 4.96. The van der Waals surface area contributed by atoms with E-state index in [-0.39, 0.29) is 29.9 Å². The number of hydrogen-bond donors (Lipinski definition) is 3. The molecule has 0 spiro atoms. The Bertz CT molecular complexity index is 1170. The van der Waals surface area contributed by atoms with Gasteiger partial charge in [-0.05, 0) is 69.6 Å². The van der Waals surface area contributed by atoms with Gasteiger partial charge in [-0.2, -0.15) is 0 Å². The van der Waals surface area contributed by atoms with Gasteiger partial charge in [-0.3, -0.25) is 0 Å². The first-order valence-electron chi connectivity index (χ1n) is 11.8. The Morgan fingerprint density at radius 1 is 1.34 bits per heavy atom. The van der Waals surface area contributed by atoms with Crippen LogP contribution >= 0.6 is 12.2 Å². The number of nitrogens with one attached hydrogen (secondary N) is 1. The summed E-state index contributed by atoms with van der Waals surface area (Å²) < 4.78 is 30.8. The molecule has 0 aliphatic carbocycles. The Morgan fingerprint density at radius 2 is 2.09 bits per heavy atom. The topological polar surface area (TPSA) is 131 Å². The molecular weight excluding hydrogens is 486 g/mol. The van der Waals surface area contributed by atoms with Gasteiger partial charge >= 0.3 is 0 Å². The van der Waals surface area contributed by atoms with Gasteiger partial charge in [0, 0.05) is 30.5 Å². The highest BCUT2D eigenvalue weighted by Gasteiger charge is 2.38. The lowest BCUT2D eigenvalue weighted by atomic mass is 10.0. The summed E-state index contributed by atoms with van der Waals surface area (Å²) in [6.07, 6.45) is 0.881. The second-order valence-electron chi connectivity index (χ2n) is 9.17. The van der Waals surface area contributed by atoms with Crippen LogP contribution < -0.4 is 16.0 Å². The first-order valence-corrected chi connectivity index (χ1v) is 13.8. The van der Waals surface area contributed by atoms with Crippen molar-refractivity contribution in [1.29, 1.82) is 0 Å². The Hall–Kier alpha value is -2.34. The lowest BCUT2D eigenvalue weighted by molar-refractivity contribution is 0.0985. The van der Waals surface area contributed by atoms with Gasteiger partial charge in [-0.25, -0.2) is 18.4 Å². The quantitative estimate of drug-likeness (QED) is 0.423. The molecule has 1 atom stereocenters. The second-order valence-corrected chi connectivity index (χ2v) is 12.3. The number of sulfone groups is 1. The molecule has 1 aliphatic heterocycles. The number of nitrogens with zero attached hydrogens (tertiary/aromatic N) is 3. The van der Waals surface area contributed by atoms with Crippen molar-refractivity contribution in [3.05, 3.63) is 35.5 Å². The lowest BCUT2D eigenvalue weighted by Crippen LogP contribution is -2.44. The van der Waals surface area contributed by atoms with Crippen molar-refractivity contribution in [2.24, 2.45) is 5.73 Å². The summed E-state index contributed by atoms with van der Waals surface area (Å²) in [7, 11) is -3.60. The summed E-state index contributed by atoms with van der Waals surface area (Å²) in [6.45, 7) is 8.99. The van der Waals surface area contributed by atoms with Gasteiger partial charge in [0.25, 0.3) is 0 Å². The number of morpholine rings is 1. The molecule has 35 heavy (non-hydrogen) atoms. The van der Waals surface area contributed by atoms with Gasteiger partial charge < -0.3 is 25.8 Å². The zero-order chi connectivity index (χ0) is 25.8. The molecular formula is C24H35N5O4S2. The number of ether oxygens (including phenoxy) is 1. The maximum absolute atomic E-state index is 13.2. The lowest BCUT2D eigenvalue weighted by Gasteiger charge is -2.35. The Kier molecular flexibility index (Phi) is 8.68. The van der Waals surface area contributed by atoms with E-state index in [2.05, 4.69) is 17.1 Å². The van der Waals surface area contributed by atoms with E-state index in [9.17, 15) is 13.5 Å². The van der Waals surface area contributed by atoms with Crippen molar-refractivity contribution < 1.29 is 18.3 Å². The van der Waals surface area contributed by atoms with E-state index in [4.69, 9.17) is 32.7 Å². The summed E-state index contributed by atoms with van der Waals surface area (Å²) in [5, 5.41) is 12.3. The Balaban J connectivity index is 2.18. The van der Waals surface area contributed by atoms with Crippen molar-refractivity contribution in [3.8, 4) is 11.4 Å². The first-order chi connectivity index (χ1) is 16.5. The summed E-state index contributed by atoms with van der Waals surface area (Å²) in [4.78, 5) is 11.8. The highest BCUT2D eigenvalue weighted by Crippen LogP contribution is 2.35. The third-order valence-corrected chi connectivity index (χ3v) is 9.03. The SMILES string of the molecule is CCc1cc(NC(N)=S)ccc1-c1nc(N2CCOC[C@@H]2C)cc(C(C)(C)S(=O)(=O)CCCO)n1. The Labute approximate surface area is 213 Å². The number of benzene rings is 1. The maximum atomic E-state index is 13.2. The highest BCUT2D eigenvalue weighted by molar-refractivity contribution is 7.92. The fourth-order valence-corrected chi connectivity index (χ4v) is 5.63. The van der Waals surface area contributed by atoms with Crippen molar-refractivity contribution in [3.63, 3.8) is 0 Å². The standard InChI is InChI=1S/C24H35N5O4S2/c1-5-17-13-18(26-23(25)34)7-8-19(17)22-27-20(24(3,4)35(31,32)12-6-10-30)14-21(28-22)29-9-11-33-15-16(29)2/h7-8,13-14,16,30H,5-6,9-12,15H2,1-4H3,(H3,25,26,34)/t16-/m0/s1. The predicted molar refractivity (Wildman–Crippen MR) is 143 cm³/mol. The number of rotatable bonds is 9.